The Morgan fingerprint density at radius 1 is 0.818 bits per heavy atom. The van der Waals surface area contributed by atoms with Gasteiger partial charge < -0.3 is 11.7 Å². The normalized spacial score (nSPS) is 14.0. The number of hydrogen-bond acceptors (Lipinski definition) is 8. The molecular formula is C12H12N8S2. The fourth-order valence-electron chi connectivity index (χ4n) is 2.21. The smallest absolute Gasteiger partial charge is 0.210 e. The first kappa shape index (κ1) is 13.5. The van der Waals surface area contributed by atoms with Gasteiger partial charge in [0.2, 0.25) is 10.3 Å². The number of hydrogen-bond donors (Lipinski definition) is 2. The van der Waals surface area contributed by atoms with Crippen LogP contribution >= 0.6 is 23.5 Å². The maximum Gasteiger partial charge on any atom is 0.210 e. The van der Waals surface area contributed by atoms with Gasteiger partial charge in [-0.1, -0.05) is 41.7 Å². The van der Waals surface area contributed by atoms with Gasteiger partial charge >= 0.3 is 0 Å². The minimum atomic E-state index is 0.611. The van der Waals surface area contributed by atoms with E-state index < -0.39 is 0 Å². The van der Waals surface area contributed by atoms with E-state index in [4.69, 9.17) is 11.7 Å². The van der Waals surface area contributed by atoms with Crippen LogP contribution in [0.15, 0.2) is 34.6 Å². The van der Waals surface area contributed by atoms with E-state index in [1.807, 2.05) is 24.3 Å². The molecule has 0 saturated heterocycles. The molecule has 112 valence electrons. The van der Waals surface area contributed by atoms with E-state index in [1.54, 1.807) is 23.5 Å². The Labute approximate surface area is 134 Å². The molecule has 1 aliphatic heterocycles. The van der Waals surface area contributed by atoms with Crippen LogP contribution in [0.4, 0.5) is 0 Å². The van der Waals surface area contributed by atoms with E-state index >= 15 is 0 Å². The molecule has 6 bridgehead atoms. The fraction of sp³-hybridized carbons (Fsp3) is 0.167. The van der Waals surface area contributed by atoms with Crippen molar-refractivity contribution in [1.29, 1.82) is 0 Å². The highest BCUT2D eigenvalue weighted by Gasteiger charge is 2.17. The molecule has 10 heteroatoms. The van der Waals surface area contributed by atoms with Crippen LogP contribution in [0.25, 0.3) is 22.8 Å². The van der Waals surface area contributed by atoms with Gasteiger partial charge in [0.15, 0.2) is 11.6 Å². The van der Waals surface area contributed by atoms with Crippen LogP contribution in [0.3, 0.4) is 0 Å². The first-order valence-electron chi connectivity index (χ1n) is 6.51. The molecule has 0 atom stereocenters. The molecule has 8 nitrogen and oxygen atoms in total. The van der Waals surface area contributed by atoms with Crippen LogP contribution in [0, 0.1) is 0 Å². The third kappa shape index (κ3) is 2.11. The molecule has 1 aromatic carbocycles. The van der Waals surface area contributed by atoms with Gasteiger partial charge in [-0.3, -0.25) is 0 Å². The third-order valence-electron chi connectivity index (χ3n) is 3.25. The van der Waals surface area contributed by atoms with Gasteiger partial charge in [0.05, 0.1) is 0 Å². The van der Waals surface area contributed by atoms with E-state index in [9.17, 15) is 0 Å². The molecule has 22 heavy (non-hydrogen) atoms. The number of nitrogens with two attached hydrogens (primary N) is 2. The number of nitrogen functional groups attached to an aromatic ring is 2. The standard InChI is InChI=1S/C12H12N8S2/c13-19-9-7-2-1-3-8(6-7)10-16-18-12(20(10)14)22-5-4-21-11(19)17-15-9/h1-3,6H,4-5,13-14H2. The summed E-state index contributed by atoms with van der Waals surface area (Å²) in [6.45, 7) is 0. The Balaban J connectivity index is 1.91. The average molecular weight is 332 g/mol. The second kappa shape index (κ2) is 5.21. The molecule has 4 rings (SSSR count). The molecule has 0 unspecified atom stereocenters. The maximum atomic E-state index is 6.10. The van der Waals surface area contributed by atoms with Crippen molar-refractivity contribution in [3.8, 4) is 22.8 Å². The Morgan fingerprint density at radius 2 is 1.32 bits per heavy atom. The van der Waals surface area contributed by atoms with Crippen molar-refractivity contribution in [2.45, 2.75) is 10.3 Å². The lowest BCUT2D eigenvalue weighted by atomic mass is 10.1. The third-order valence-corrected chi connectivity index (χ3v) is 5.40. The van der Waals surface area contributed by atoms with E-state index in [0.29, 0.717) is 22.0 Å². The maximum absolute atomic E-state index is 6.10. The molecule has 0 radical (unpaired) electrons. The topological polar surface area (TPSA) is 113 Å². The Morgan fingerprint density at radius 3 is 1.82 bits per heavy atom. The van der Waals surface area contributed by atoms with Crippen molar-refractivity contribution in [2.75, 3.05) is 23.2 Å². The molecule has 0 spiro atoms. The van der Waals surface area contributed by atoms with Gasteiger partial charge in [0.25, 0.3) is 0 Å². The highest BCUT2D eigenvalue weighted by atomic mass is 32.2. The largest absolute Gasteiger partial charge is 0.335 e. The van der Waals surface area contributed by atoms with Crippen molar-refractivity contribution < 1.29 is 0 Å². The average Bonchev–Trinajstić information content (AvgIpc) is 3.07. The highest BCUT2D eigenvalue weighted by Crippen LogP contribution is 2.28. The summed E-state index contributed by atoms with van der Waals surface area (Å²) >= 11 is 3.10. The number of benzene rings is 1. The second-order valence-corrected chi connectivity index (χ2v) is 6.75. The first-order chi connectivity index (χ1) is 10.7. The Kier molecular flexibility index (Phi) is 3.19. The van der Waals surface area contributed by atoms with Crippen molar-refractivity contribution >= 4 is 23.5 Å². The predicted molar refractivity (Wildman–Crippen MR) is 86.2 cm³/mol. The first-order valence-corrected chi connectivity index (χ1v) is 8.48. The SMILES string of the molecule is Nn1c2nnc1-c1cccc(c1)-c1nnc(n1N)SCCS2. The highest BCUT2D eigenvalue weighted by molar-refractivity contribution is 8.02. The van der Waals surface area contributed by atoms with Gasteiger partial charge in [-0.25, -0.2) is 9.35 Å². The van der Waals surface area contributed by atoms with Crippen LogP contribution < -0.4 is 11.7 Å². The number of rotatable bonds is 0. The Hall–Kier alpha value is -2.20. The van der Waals surface area contributed by atoms with Crippen molar-refractivity contribution in [1.82, 2.24) is 29.7 Å². The number of nitrogens with zero attached hydrogens (tertiary/aromatic N) is 6. The van der Waals surface area contributed by atoms with Crippen molar-refractivity contribution in [3.63, 3.8) is 0 Å². The fourth-order valence-corrected chi connectivity index (χ4v) is 3.89. The predicted octanol–water partition coefficient (Wildman–Crippen LogP) is 0.829. The summed E-state index contributed by atoms with van der Waals surface area (Å²) in [5, 5.41) is 18.1. The van der Waals surface area contributed by atoms with Crippen LogP contribution in [0.1, 0.15) is 0 Å². The molecular weight excluding hydrogens is 320 g/mol. The van der Waals surface area contributed by atoms with Crippen LogP contribution in [-0.4, -0.2) is 41.3 Å². The summed E-state index contributed by atoms with van der Waals surface area (Å²) in [7, 11) is 0. The molecule has 0 fully saturated rings. The summed E-state index contributed by atoms with van der Waals surface area (Å²) in [5.41, 5.74) is 1.71. The number of aromatic nitrogens is 6. The summed E-state index contributed by atoms with van der Waals surface area (Å²) in [6.07, 6.45) is 0. The zero-order valence-corrected chi connectivity index (χ0v) is 13.0. The summed E-state index contributed by atoms with van der Waals surface area (Å²) in [5.74, 6) is 15.1. The molecule has 2 aromatic heterocycles. The van der Waals surface area contributed by atoms with E-state index in [-0.39, 0.29) is 0 Å². The molecule has 0 amide bonds. The van der Waals surface area contributed by atoms with Gasteiger partial charge in [0.1, 0.15) is 0 Å². The van der Waals surface area contributed by atoms with Crippen LogP contribution in [0.2, 0.25) is 0 Å². The van der Waals surface area contributed by atoms with Gasteiger partial charge in [-0.05, 0) is 6.07 Å². The van der Waals surface area contributed by atoms with Gasteiger partial charge in [0, 0.05) is 22.6 Å². The number of fused-ring (bicyclic) bond motifs is 8. The molecule has 3 heterocycles. The summed E-state index contributed by atoms with van der Waals surface area (Å²) in [6, 6.07) is 7.70. The van der Waals surface area contributed by atoms with E-state index in [1.165, 1.54) is 9.35 Å². The molecule has 3 aromatic rings. The van der Waals surface area contributed by atoms with Gasteiger partial charge in [-0.2, -0.15) is 0 Å². The van der Waals surface area contributed by atoms with Crippen molar-refractivity contribution in [2.24, 2.45) is 0 Å². The monoisotopic (exact) mass is 332 g/mol. The van der Waals surface area contributed by atoms with Crippen molar-refractivity contribution in [3.05, 3.63) is 24.3 Å². The zero-order chi connectivity index (χ0) is 15.1. The Bertz CT molecular complexity index is 774. The molecule has 0 saturated carbocycles. The molecule has 1 aliphatic rings. The quantitative estimate of drug-likeness (QED) is 0.582. The summed E-state index contributed by atoms with van der Waals surface area (Å²) in [4.78, 5) is 0. The molecule has 0 aliphatic carbocycles. The lowest BCUT2D eigenvalue weighted by molar-refractivity contribution is 0.849. The van der Waals surface area contributed by atoms with Crippen LogP contribution in [-0.2, 0) is 0 Å². The number of thioether (sulfide) groups is 2. The zero-order valence-electron chi connectivity index (χ0n) is 11.4. The van der Waals surface area contributed by atoms with Crippen LogP contribution in [0.5, 0.6) is 0 Å². The van der Waals surface area contributed by atoms with Gasteiger partial charge in [-0.15, -0.1) is 20.4 Å². The second-order valence-electron chi connectivity index (χ2n) is 4.63. The lowest BCUT2D eigenvalue weighted by Crippen LogP contribution is -2.12. The molecule has 4 N–H and O–H groups in total. The summed E-state index contributed by atoms with van der Waals surface area (Å²) < 4.78 is 3.04. The lowest BCUT2D eigenvalue weighted by Gasteiger charge is -2.05. The minimum Gasteiger partial charge on any atom is -0.335 e. The van der Waals surface area contributed by atoms with E-state index in [2.05, 4.69) is 20.4 Å². The minimum absolute atomic E-state index is 0.611. The van der Waals surface area contributed by atoms with E-state index in [0.717, 1.165) is 22.6 Å².